The van der Waals surface area contributed by atoms with Crippen molar-refractivity contribution in [3.8, 4) is 0 Å². The van der Waals surface area contributed by atoms with Crippen LogP contribution in [0, 0.1) is 0 Å². The van der Waals surface area contributed by atoms with E-state index in [2.05, 4.69) is 13.0 Å². The Labute approximate surface area is 146 Å². The van der Waals surface area contributed by atoms with Gasteiger partial charge in [0.1, 0.15) is 0 Å². The number of hydrogen-bond donors (Lipinski definition) is 3. The van der Waals surface area contributed by atoms with E-state index in [1.165, 1.54) is 19.3 Å². The maximum Gasteiger partial charge on any atom is 0.217 e. The first-order valence-corrected chi connectivity index (χ1v) is 8.87. The van der Waals surface area contributed by atoms with Gasteiger partial charge in [-0.1, -0.05) is 68.4 Å². The second-order valence-electron chi connectivity index (χ2n) is 5.85. The molecule has 2 atom stereocenters. The summed E-state index contributed by atoms with van der Waals surface area (Å²) < 4.78 is 0. The van der Waals surface area contributed by atoms with Crippen molar-refractivity contribution in [2.75, 3.05) is 0 Å². The lowest BCUT2D eigenvalue weighted by molar-refractivity contribution is -0.118. The van der Waals surface area contributed by atoms with E-state index in [1.54, 1.807) is 36.5 Å². The molecule has 0 heterocycles. The van der Waals surface area contributed by atoms with Gasteiger partial charge in [0.05, 0.1) is 12.2 Å². The average molecular weight is 335 g/mol. The predicted octanol–water partition coefficient (Wildman–Crippen LogP) is 3.56. The molecule has 1 amide bonds. The molecule has 0 unspecified atom stereocenters. The molecule has 0 radical (unpaired) electrons. The van der Waals surface area contributed by atoms with Gasteiger partial charge in [-0.3, -0.25) is 4.79 Å². The molecular formula is C20H33NO3. The molecule has 4 heteroatoms. The van der Waals surface area contributed by atoms with E-state index in [1.807, 2.05) is 6.08 Å². The molecule has 24 heavy (non-hydrogen) atoms. The third-order valence-corrected chi connectivity index (χ3v) is 3.44. The van der Waals surface area contributed by atoms with Gasteiger partial charge in [0, 0.05) is 6.42 Å². The summed E-state index contributed by atoms with van der Waals surface area (Å²) in [4.78, 5) is 10.6. The monoisotopic (exact) mass is 335 g/mol. The van der Waals surface area contributed by atoms with E-state index in [9.17, 15) is 15.0 Å². The molecule has 136 valence electrons. The molecule has 0 spiro atoms. The first-order valence-electron chi connectivity index (χ1n) is 8.87. The Morgan fingerprint density at radius 3 is 2.25 bits per heavy atom. The van der Waals surface area contributed by atoms with Crippen LogP contribution in [0.3, 0.4) is 0 Å². The minimum Gasteiger partial charge on any atom is -0.389 e. The molecule has 0 aromatic rings. The van der Waals surface area contributed by atoms with Crippen LogP contribution in [0.25, 0.3) is 0 Å². The van der Waals surface area contributed by atoms with Crippen LogP contribution in [0.1, 0.15) is 58.3 Å². The highest BCUT2D eigenvalue weighted by atomic mass is 16.3. The highest BCUT2D eigenvalue weighted by molar-refractivity contribution is 5.73. The van der Waals surface area contributed by atoms with Gasteiger partial charge in [-0.25, -0.2) is 0 Å². The molecule has 0 saturated carbocycles. The summed E-state index contributed by atoms with van der Waals surface area (Å²) in [5, 5.41) is 19.4. The summed E-state index contributed by atoms with van der Waals surface area (Å²) in [5.74, 6) is -0.342. The second-order valence-corrected chi connectivity index (χ2v) is 5.85. The SMILES string of the molecule is CCCCC/C=C\C[C@H](O)/C=C/C=C/C=C\[C@H](O)CCCC(N)=O. The molecule has 0 aromatic heterocycles. The number of primary amides is 1. The zero-order valence-corrected chi connectivity index (χ0v) is 14.8. The van der Waals surface area contributed by atoms with Crippen molar-refractivity contribution in [3.63, 3.8) is 0 Å². The van der Waals surface area contributed by atoms with Crippen molar-refractivity contribution >= 4 is 5.91 Å². The van der Waals surface area contributed by atoms with Gasteiger partial charge in [0.25, 0.3) is 0 Å². The van der Waals surface area contributed by atoms with Crippen LogP contribution in [0.15, 0.2) is 48.6 Å². The molecule has 0 aliphatic heterocycles. The van der Waals surface area contributed by atoms with Crippen LogP contribution >= 0.6 is 0 Å². The lowest BCUT2D eigenvalue weighted by Gasteiger charge is -2.02. The van der Waals surface area contributed by atoms with Gasteiger partial charge in [0.2, 0.25) is 5.91 Å². The van der Waals surface area contributed by atoms with E-state index >= 15 is 0 Å². The Kier molecular flexibility index (Phi) is 15.1. The van der Waals surface area contributed by atoms with Gasteiger partial charge >= 0.3 is 0 Å². The standard InChI is InChI=1S/C20H33NO3/c1-2-3-4-5-6-9-13-18(22)14-10-7-8-11-15-19(23)16-12-17-20(21)24/h6-11,14-15,18-19,22-23H,2-5,12-13,16-17H2,1H3,(H2,21,24)/b8-7+,9-6-,14-10+,15-11-/t18-,19-/m0/s1. The highest BCUT2D eigenvalue weighted by Crippen LogP contribution is 2.03. The van der Waals surface area contributed by atoms with Crippen molar-refractivity contribution in [1.82, 2.24) is 0 Å². The van der Waals surface area contributed by atoms with Crippen molar-refractivity contribution in [2.45, 2.75) is 70.5 Å². The number of carbonyl (C=O) groups excluding carboxylic acids is 1. The Morgan fingerprint density at radius 2 is 1.62 bits per heavy atom. The third-order valence-electron chi connectivity index (χ3n) is 3.44. The Morgan fingerprint density at radius 1 is 0.958 bits per heavy atom. The Bertz CT molecular complexity index is 425. The third kappa shape index (κ3) is 16.7. The quantitative estimate of drug-likeness (QED) is 0.258. The predicted molar refractivity (Wildman–Crippen MR) is 100 cm³/mol. The summed E-state index contributed by atoms with van der Waals surface area (Å²) >= 11 is 0. The summed E-state index contributed by atoms with van der Waals surface area (Å²) in [6, 6.07) is 0. The van der Waals surface area contributed by atoms with Crippen LogP contribution in [0.5, 0.6) is 0 Å². The van der Waals surface area contributed by atoms with E-state index in [0.717, 1.165) is 6.42 Å². The number of unbranched alkanes of at least 4 members (excludes halogenated alkanes) is 3. The first-order chi connectivity index (χ1) is 11.6. The van der Waals surface area contributed by atoms with Gasteiger partial charge in [-0.2, -0.15) is 0 Å². The topological polar surface area (TPSA) is 83.6 Å². The van der Waals surface area contributed by atoms with Crippen LogP contribution in [0.4, 0.5) is 0 Å². The van der Waals surface area contributed by atoms with E-state index in [-0.39, 0.29) is 5.91 Å². The fourth-order valence-corrected chi connectivity index (χ4v) is 2.04. The number of hydrogen-bond acceptors (Lipinski definition) is 3. The molecular weight excluding hydrogens is 302 g/mol. The number of amides is 1. The maximum atomic E-state index is 10.6. The number of nitrogens with two attached hydrogens (primary N) is 1. The van der Waals surface area contributed by atoms with Crippen LogP contribution < -0.4 is 5.73 Å². The molecule has 0 saturated heterocycles. The van der Waals surface area contributed by atoms with Gasteiger partial charge in [-0.05, 0) is 32.1 Å². The summed E-state index contributed by atoms with van der Waals surface area (Å²) in [5.41, 5.74) is 5.03. The lowest BCUT2D eigenvalue weighted by atomic mass is 10.1. The van der Waals surface area contributed by atoms with E-state index in [4.69, 9.17) is 5.73 Å². The fourth-order valence-electron chi connectivity index (χ4n) is 2.04. The molecule has 0 aliphatic carbocycles. The van der Waals surface area contributed by atoms with Crippen molar-refractivity contribution < 1.29 is 15.0 Å². The zero-order valence-electron chi connectivity index (χ0n) is 14.8. The van der Waals surface area contributed by atoms with Gasteiger partial charge in [-0.15, -0.1) is 0 Å². The van der Waals surface area contributed by atoms with Crippen molar-refractivity contribution in [2.24, 2.45) is 5.73 Å². The van der Waals surface area contributed by atoms with E-state index < -0.39 is 12.2 Å². The number of rotatable bonds is 14. The minimum absolute atomic E-state index is 0.300. The Balaban J connectivity index is 3.81. The smallest absolute Gasteiger partial charge is 0.217 e. The van der Waals surface area contributed by atoms with Gasteiger partial charge in [0.15, 0.2) is 0 Å². The van der Waals surface area contributed by atoms with Crippen LogP contribution in [-0.4, -0.2) is 28.3 Å². The fraction of sp³-hybridized carbons (Fsp3) is 0.550. The van der Waals surface area contributed by atoms with Crippen LogP contribution in [-0.2, 0) is 4.79 Å². The molecule has 4 N–H and O–H groups in total. The van der Waals surface area contributed by atoms with Crippen molar-refractivity contribution in [3.05, 3.63) is 48.6 Å². The number of aliphatic hydroxyl groups is 2. The van der Waals surface area contributed by atoms with Crippen molar-refractivity contribution in [1.29, 1.82) is 0 Å². The van der Waals surface area contributed by atoms with Crippen LogP contribution in [0.2, 0.25) is 0 Å². The molecule has 0 aliphatic rings. The maximum absolute atomic E-state index is 10.6. The minimum atomic E-state index is -0.568. The highest BCUT2D eigenvalue weighted by Gasteiger charge is 2.00. The molecule has 0 bridgehead atoms. The summed E-state index contributed by atoms with van der Waals surface area (Å²) in [7, 11) is 0. The summed E-state index contributed by atoms with van der Waals surface area (Å²) in [6.45, 7) is 2.19. The number of aliphatic hydroxyl groups excluding tert-OH is 2. The molecule has 0 aromatic carbocycles. The number of carbonyl (C=O) groups is 1. The second kappa shape index (κ2) is 16.2. The zero-order chi connectivity index (χ0) is 18.0. The molecule has 0 fully saturated rings. The normalized spacial score (nSPS) is 15.1. The Hall–Kier alpha value is -1.65. The first kappa shape index (κ1) is 22.4. The number of allylic oxidation sites excluding steroid dienone is 5. The largest absolute Gasteiger partial charge is 0.389 e. The molecule has 4 nitrogen and oxygen atoms in total. The van der Waals surface area contributed by atoms with Gasteiger partial charge < -0.3 is 15.9 Å². The average Bonchev–Trinajstić information content (AvgIpc) is 2.53. The summed E-state index contributed by atoms with van der Waals surface area (Å²) in [6.07, 6.45) is 20.5. The lowest BCUT2D eigenvalue weighted by Crippen LogP contribution is -2.11. The van der Waals surface area contributed by atoms with E-state index in [0.29, 0.717) is 25.7 Å². The molecule has 0 rings (SSSR count).